The molecule has 2 aromatic rings. The van der Waals surface area contributed by atoms with Gasteiger partial charge >= 0.3 is 0 Å². The summed E-state index contributed by atoms with van der Waals surface area (Å²) < 4.78 is 18.6. The molecule has 21 heavy (non-hydrogen) atoms. The van der Waals surface area contributed by atoms with Crippen molar-refractivity contribution >= 4 is 17.3 Å². The number of pyridine rings is 1. The molecule has 3 nitrogen and oxygen atoms in total. The van der Waals surface area contributed by atoms with Crippen LogP contribution in [0.5, 0.6) is 5.75 Å². The lowest BCUT2D eigenvalue weighted by atomic mass is 10.2. The summed E-state index contributed by atoms with van der Waals surface area (Å²) in [5, 5.41) is 0.498. The minimum absolute atomic E-state index is 0.253. The van der Waals surface area contributed by atoms with Crippen molar-refractivity contribution in [2.24, 2.45) is 0 Å². The van der Waals surface area contributed by atoms with Crippen molar-refractivity contribution in [3.63, 3.8) is 0 Å². The maximum absolute atomic E-state index is 12.9. The zero-order valence-corrected chi connectivity index (χ0v) is 12.3. The molecule has 0 bridgehead atoms. The Labute approximate surface area is 128 Å². The lowest BCUT2D eigenvalue weighted by Crippen LogP contribution is -2.34. The topological polar surface area (TPSA) is 25.4 Å². The van der Waals surface area contributed by atoms with Crippen molar-refractivity contribution in [2.45, 2.75) is 18.9 Å². The third-order valence-corrected chi connectivity index (χ3v) is 3.88. The minimum Gasteiger partial charge on any atom is -0.491 e. The minimum atomic E-state index is -0.253. The highest BCUT2D eigenvalue weighted by molar-refractivity contribution is 6.29. The number of hydrogen-bond acceptors (Lipinski definition) is 3. The number of aromatic nitrogens is 1. The Morgan fingerprint density at radius 3 is 2.86 bits per heavy atom. The number of anilines is 1. The first-order valence-corrected chi connectivity index (χ1v) is 7.37. The van der Waals surface area contributed by atoms with Gasteiger partial charge in [0.15, 0.2) is 0 Å². The van der Waals surface area contributed by atoms with Crippen molar-refractivity contribution in [2.75, 3.05) is 18.1 Å². The fraction of sp³-hybridized carbons (Fsp3) is 0.312. The number of rotatable bonds is 4. The van der Waals surface area contributed by atoms with Crippen LogP contribution in [0.4, 0.5) is 10.1 Å². The van der Waals surface area contributed by atoms with Gasteiger partial charge in [-0.25, -0.2) is 9.37 Å². The van der Waals surface area contributed by atoms with Gasteiger partial charge in [-0.05, 0) is 49.2 Å². The van der Waals surface area contributed by atoms with E-state index in [4.69, 9.17) is 16.3 Å². The molecule has 0 unspecified atom stereocenters. The van der Waals surface area contributed by atoms with Crippen LogP contribution in [-0.2, 0) is 0 Å². The summed E-state index contributed by atoms with van der Waals surface area (Å²) in [5.41, 5.74) is 1.07. The van der Waals surface area contributed by atoms with Crippen LogP contribution in [0.3, 0.4) is 0 Å². The fourth-order valence-corrected chi connectivity index (χ4v) is 2.81. The van der Waals surface area contributed by atoms with Gasteiger partial charge in [0, 0.05) is 18.4 Å². The van der Waals surface area contributed by atoms with E-state index in [1.165, 1.54) is 12.1 Å². The Kier molecular flexibility index (Phi) is 4.25. The number of benzene rings is 1. The van der Waals surface area contributed by atoms with Crippen molar-refractivity contribution in [1.82, 2.24) is 4.98 Å². The second-order valence-electron chi connectivity index (χ2n) is 5.09. The van der Waals surface area contributed by atoms with Crippen molar-refractivity contribution in [3.8, 4) is 5.75 Å². The average molecular weight is 307 g/mol. The van der Waals surface area contributed by atoms with E-state index in [-0.39, 0.29) is 5.82 Å². The monoisotopic (exact) mass is 306 g/mol. The molecular weight excluding hydrogens is 291 g/mol. The number of ether oxygens (including phenoxy) is 1. The van der Waals surface area contributed by atoms with Crippen LogP contribution in [0.25, 0.3) is 0 Å². The standard InChI is InChI=1S/C16H16ClFN2O/c17-16-10-13(7-8-19-16)20-9-1-2-14(20)11-21-15-5-3-12(18)4-6-15/h3-8,10,14H,1-2,9,11H2/t14-/m0/s1. The Morgan fingerprint density at radius 1 is 1.29 bits per heavy atom. The Hall–Kier alpha value is -1.81. The SMILES string of the molecule is Fc1ccc(OC[C@@H]2CCCN2c2ccnc(Cl)c2)cc1. The molecule has 5 heteroatoms. The molecule has 1 aromatic carbocycles. The van der Waals surface area contributed by atoms with Crippen LogP contribution in [0.2, 0.25) is 5.15 Å². The maximum atomic E-state index is 12.9. The molecule has 0 radical (unpaired) electrons. The molecular formula is C16H16ClFN2O. The summed E-state index contributed by atoms with van der Waals surface area (Å²) >= 11 is 5.95. The Bertz CT molecular complexity index is 605. The molecule has 0 amide bonds. The van der Waals surface area contributed by atoms with E-state index in [0.29, 0.717) is 23.6 Å². The molecule has 2 heterocycles. The summed E-state index contributed by atoms with van der Waals surface area (Å²) in [6.07, 6.45) is 3.91. The van der Waals surface area contributed by atoms with E-state index in [9.17, 15) is 4.39 Å². The molecule has 0 saturated carbocycles. The molecule has 3 rings (SSSR count). The number of hydrogen-bond donors (Lipinski definition) is 0. The van der Waals surface area contributed by atoms with Crippen LogP contribution in [0.1, 0.15) is 12.8 Å². The van der Waals surface area contributed by atoms with E-state index in [1.54, 1.807) is 18.3 Å². The summed E-state index contributed by atoms with van der Waals surface area (Å²) in [7, 11) is 0. The molecule has 110 valence electrons. The van der Waals surface area contributed by atoms with Gasteiger partial charge in [-0.15, -0.1) is 0 Å². The number of halogens is 2. The van der Waals surface area contributed by atoms with E-state index in [0.717, 1.165) is 25.1 Å². The fourth-order valence-electron chi connectivity index (χ4n) is 2.64. The van der Waals surface area contributed by atoms with Gasteiger partial charge < -0.3 is 9.64 Å². The van der Waals surface area contributed by atoms with E-state index < -0.39 is 0 Å². The van der Waals surface area contributed by atoms with Gasteiger partial charge in [-0.2, -0.15) is 0 Å². The molecule has 0 aliphatic carbocycles. The maximum Gasteiger partial charge on any atom is 0.131 e. The lowest BCUT2D eigenvalue weighted by Gasteiger charge is -2.26. The zero-order chi connectivity index (χ0) is 14.7. The highest BCUT2D eigenvalue weighted by atomic mass is 35.5. The third-order valence-electron chi connectivity index (χ3n) is 3.67. The van der Waals surface area contributed by atoms with Gasteiger partial charge in [-0.1, -0.05) is 11.6 Å². The predicted octanol–water partition coefficient (Wildman–Crippen LogP) is 3.92. The number of nitrogens with zero attached hydrogens (tertiary/aromatic N) is 2. The second kappa shape index (κ2) is 6.31. The first-order valence-electron chi connectivity index (χ1n) is 6.99. The van der Waals surface area contributed by atoms with E-state index in [2.05, 4.69) is 9.88 Å². The van der Waals surface area contributed by atoms with Crippen LogP contribution < -0.4 is 9.64 Å². The molecule has 1 aromatic heterocycles. The molecule has 1 aliphatic heterocycles. The summed E-state index contributed by atoms with van der Waals surface area (Å²) in [6, 6.07) is 10.2. The van der Waals surface area contributed by atoms with E-state index >= 15 is 0 Å². The molecule has 1 fully saturated rings. The Balaban J connectivity index is 1.65. The smallest absolute Gasteiger partial charge is 0.131 e. The average Bonchev–Trinajstić information content (AvgIpc) is 2.95. The highest BCUT2D eigenvalue weighted by Gasteiger charge is 2.25. The summed E-state index contributed by atoms with van der Waals surface area (Å²) in [5.74, 6) is 0.437. The zero-order valence-electron chi connectivity index (χ0n) is 11.5. The second-order valence-corrected chi connectivity index (χ2v) is 5.48. The van der Waals surface area contributed by atoms with Crippen molar-refractivity contribution in [3.05, 3.63) is 53.6 Å². The third kappa shape index (κ3) is 3.45. The van der Waals surface area contributed by atoms with Gasteiger partial charge in [0.25, 0.3) is 0 Å². The van der Waals surface area contributed by atoms with Crippen molar-refractivity contribution < 1.29 is 9.13 Å². The molecule has 1 aliphatic rings. The largest absolute Gasteiger partial charge is 0.491 e. The van der Waals surface area contributed by atoms with Gasteiger partial charge in [0.05, 0.1) is 6.04 Å². The van der Waals surface area contributed by atoms with Gasteiger partial charge in [0.1, 0.15) is 23.3 Å². The lowest BCUT2D eigenvalue weighted by molar-refractivity contribution is 0.288. The molecule has 0 N–H and O–H groups in total. The Morgan fingerprint density at radius 2 is 2.10 bits per heavy atom. The van der Waals surface area contributed by atoms with Crippen molar-refractivity contribution in [1.29, 1.82) is 0 Å². The normalized spacial score (nSPS) is 18.0. The summed E-state index contributed by atoms with van der Waals surface area (Å²) in [6.45, 7) is 1.56. The van der Waals surface area contributed by atoms with Crippen LogP contribution >= 0.6 is 11.6 Å². The highest BCUT2D eigenvalue weighted by Crippen LogP contribution is 2.27. The molecule has 1 atom stereocenters. The molecule has 0 spiro atoms. The first-order chi connectivity index (χ1) is 10.2. The van der Waals surface area contributed by atoms with Crippen LogP contribution in [-0.4, -0.2) is 24.2 Å². The quantitative estimate of drug-likeness (QED) is 0.801. The predicted molar refractivity (Wildman–Crippen MR) is 81.5 cm³/mol. The van der Waals surface area contributed by atoms with E-state index in [1.807, 2.05) is 12.1 Å². The van der Waals surface area contributed by atoms with Crippen LogP contribution in [0.15, 0.2) is 42.6 Å². The van der Waals surface area contributed by atoms with Crippen LogP contribution in [0, 0.1) is 5.82 Å². The van der Waals surface area contributed by atoms with Gasteiger partial charge in [0.2, 0.25) is 0 Å². The summed E-state index contributed by atoms with van der Waals surface area (Å²) in [4.78, 5) is 6.30. The van der Waals surface area contributed by atoms with Gasteiger partial charge in [-0.3, -0.25) is 0 Å². The first kappa shape index (κ1) is 14.1. The molecule has 1 saturated heterocycles.